The van der Waals surface area contributed by atoms with Gasteiger partial charge in [0.2, 0.25) is 0 Å². The van der Waals surface area contributed by atoms with Crippen LogP contribution >= 0.6 is 0 Å². The molecule has 0 aromatic rings. The van der Waals surface area contributed by atoms with Gasteiger partial charge in [-0.3, -0.25) is 4.79 Å². The molecule has 0 aromatic heterocycles. The van der Waals surface area contributed by atoms with E-state index in [-0.39, 0.29) is 22.9 Å². The van der Waals surface area contributed by atoms with Gasteiger partial charge in [0.05, 0.1) is 12.0 Å². The molecule has 4 rings (SSSR count). The Morgan fingerprint density at radius 3 is 2.39 bits per heavy atom. The van der Waals surface area contributed by atoms with Crippen molar-refractivity contribution in [3.8, 4) is 0 Å². The Hall–Kier alpha value is -0.570. The van der Waals surface area contributed by atoms with Gasteiger partial charge < -0.3 is 10.2 Å². The summed E-state index contributed by atoms with van der Waals surface area (Å²) < 4.78 is 0. The van der Waals surface area contributed by atoms with E-state index in [2.05, 4.69) is 20.8 Å². The van der Waals surface area contributed by atoms with Crippen LogP contribution in [0.25, 0.3) is 0 Å². The van der Waals surface area contributed by atoms with Crippen molar-refractivity contribution in [1.29, 1.82) is 0 Å². The predicted octanol–water partition coefficient (Wildman–Crippen LogP) is 4.09. The molecule has 2 N–H and O–H groups in total. The third-order valence-electron chi connectivity index (χ3n) is 8.98. The maximum Gasteiger partial charge on any atom is 0.306 e. The van der Waals surface area contributed by atoms with Crippen molar-refractivity contribution in [3.63, 3.8) is 0 Å². The molecule has 0 radical (unpaired) electrons. The summed E-state index contributed by atoms with van der Waals surface area (Å²) >= 11 is 0. The molecule has 23 heavy (non-hydrogen) atoms. The van der Waals surface area contributed by atoms with Crippen LogP contribution in [-0.4, -0.2) is 22.3 Å². The van der Waals surface area contributed by atoms with Crippen LogP contribution in [0.3, 0.4) is 0 Å². The van der Waals surface area contributed by atoms with Gasteiger partial charge in [-0.15, -0.1) is 0 Å². The van der Waals surface area contributed by atoms with E-state index in [4.69, 9.17) is 0 Å². The van der Waals surface area contributed by atoms with Crippen LogP contribution in [-0.2, 0) is 4.79 Å². The fraction of sp³-hybridized carbons (Fsp3) is 0.950. The molecule has 3 heteroatoms. The minimum Gasteiger partial charge on any atom is -0.481 e. The molecule has 4 aliphatic rings. The summed E-state index contributed by atoms with van der Waals surface area (Å²) in [6.07, 6.45) is 8.62. The molecule has 2 bridgehead atoms. The lowest BCUT2D eigenvalue weighted by molar-refractivity contribution is -0.180. The highest BCUT2D eigenvalue weighted by molar-refractivity contribution is 5.71. The number of hydrogen-bond acceptors (Lipinski definition) is 2. The lowest BCUT2D eigenvalue weighted by Gasteiger charge is -2.64. The Bertz CT molecular complexity index is 527. The third-order valence-corrected chi connectivity index (χ3v) is 8.98. The molecule has 4 saturated carbocycles. The van der Waals surface area contributed by atoms with Gasteiger partial charge in [0.1, 0.15) is 0 Å². The van der Waals surface area contributed by atoms with E-state index >= 15 is 0 Å². The number of hydrogen-bond donors (Lipinski definition) is 2. The first kappa shape index (κ1) is 15.9. The highest BCUT2D eigenvalue weighted by Crippen LogP contribution is 2.72. The molecular formula is C20H32O3. The number of rotatable bonds is 1. The quantitative estimate of drug-likeness (QED) is 0.765. The summed E-state index contributed by atoms with van der Waals surface area (Å²) in [5, 5.41) is 20.2. The molecule has 0 heterocycles. The second-order valence-corrected chi connectivity index (χ2v) is 10.1. The lowest BCUT2D eigenvalue weighted by Crippen LogP contribution is -2.59. The van der Waals surface area contributed by atoms with Gasteiger partial charge in [-0.1, -0.05) is 20.8 Å². The molecule has 4 aliphatic carbocycles. The topological polar surface area (TPSA) is 57.5 Å². The van der Waals surface area contributed by atoms with Gasteiger partial charge in [0, 0.05) is 0 Å². The third kappa shape index (κ3) is 1.95. The van der Waals surface area contributed by atoms with Crippen molar-refractivity contribution in [2.24, 2.45) is 39.9 Å². The van der Waals surface area contributed by atoms with Crippen molar-refractivity contribution in [3.05, 3.63) is 0 Å². The maximum atomic E-state index is 11.7. The van der Waals surface area contributed by atoms with Crippen LogP contribution in [0.5, 0.6) is 0 Å². The molecule has 0 saturated heterocycles. The maximum absolute atomic E-state index is 11.7. The zero-order valence-electron chi connectivity index (χ0n) is 14.8. The number of carboxylic acids is 1. The molecule has 7 unspecified atom stereocenters. The first-order chi connectivity index (χ1) is 10.7. The van der Waals surface area contributed by atoms with E-state index < -0.39 is 5.97 Å². The Kier molecular flexibility index (Phi) is 3.28. The van der Waals surface area contributed by atoms with E-state index in [1.807, 2.05) is 0 Å². The normalized spacial score (nSPS) is 54.2. The largest absolute Gasteiger partial charge is 0.481 e. The van der Waals surface area contributed by atoms with Gasteiger partial charge >= 0.3 is 5.97 Å². The number of carbonyl (C=O) groups is 1. The van der Waals surface area contributed by atoms with Crippen molar-refractivity contribution < 1.29 is 15.0 Å². The van der Waals surface area contributed by atoms with E-state index in [1.165, 1.54) is 19.3 Å². The van der Waals surface area contributed by atoms with Gasteiger partial charge in [-0.25, -0.2) is 0 Å². The lowest BCUT2D eigenvalue weighted by atomic mass is 9.41. The second kappa shape index (κ2) is 4.74. The predicted molar refractivity (Wildman–Crippen MR) is 88.9 cm³/mol. The molecule has 0 aromatic carbocycles. The Balaban J connectivity index is 1.70. The summed E-state index contributed by atoms with van der Waals surface area (Å²) in [6.45, 7) is 7.00. The number of aliphatic hydroxyl groups excluding tert-OH is 1. The summed E-state index contributed by atoms with van der Waals surface area (Å²) in [5.41, 5.74) is 0.575. The fourth-order valence-corrected chi connectivity index (χ4v) is 7.95. The van der Waals surface area contributed by atoms with E-state index in [1.54, 1.807) is 0 Å². The van der Waals surface area contributed by atoms with E-state index in [0.717, 1.165) is 32.1 Å². The van der Waals surface area contributed by atoms with E-state index in [9.17, 15) is 15.0 Å². The van der Waals surface area contributed by atoms with Crippen molar-refractivity contribution in [2.75, 3.05) is 0 Å². The molecule has 1 spiro atoms. The zero-order valence-corrected chi connectivity index (χ0v) is 14.8. The first-order valence-electron chi connectivity index (χ1n) is 9.62. The average Bonchev–Trinajstić information content (AvgIpc) is 2.75. The van der Waals surface area contributed by atoms with Crippen LogP contribution in [0.2, 0.25) is 0 Å². The highest BCUT2D eigenvalue weighted by Gasteiger charge is 2.65. The number of carboxylic acid groups (broad SMARTS) is 1. The minimum absolute atomic E-state index is 0.00371. The standard InChI is InChI=1S/C20H32O3/c1-18(2)14-6-9-20-10-12(13(11-20)17(22)23)4-5-15(20)19(14,3)8-7-16(18)21/h12-16,21H,4-11H2,1-3H3,(H,22,23). The van der Waals surface area contributed by atoms with Crippen molar-refractivity contribution in [1.82, 2.24) is 0 Å². The van der Waals surface area contributed by atoms with Gasteiger partial charge in [0.25, 0.3) is 0 Å². The summed E-state index contributed by atoms with van der Waals surface area (Å²) in [6, 6.07) is 0. The van der Waals surface area contributed by atoms with Crippen molar-refractivity contribution >= 4 is 5.97 Å². The van der Waals surface area contributed by atoms with Crippen LogP contribution in [0.4, 0.5) is 0 Å². The zero-order chi connectivity index (χ0) is 16.6. The molecule has 7 atom stereocenters. The Morgan fingerprint density at radius 2 is 1.70 bits per heavy atom. The molecule has 0 amide bonds. The number of aliphatic hydroxyl groups is 1. The smallest absolute Gasteiger partial charge is 0.306 e. The Morgan fingerprint density at radius 1 is 0.957 bits per heavy atom. The summed E-state index contributed by atoms with van der Waals surface area (Å²) in [4.78, 5) is 11.7. The van der Waals surface area contributed by atoms with E-state index in [0.29, 0.717) is 23.2 Å². The SMILES string of the molecule is CC1(C)C(O)CCC2(C)C3CCC4CC3(CCC12)CC4C(=O)O. The van der Waals surface area contributed by atoms with Crippen LogP contribution < -0.4 is 0 Å². The van der Waals surface area contributed by atoms with Gasteiger partial charge in [-0.05, 0) is 85.4 Å². The summed E-state index contributed by atoms with van der Waals surface area (Å²) in [5.74, 6) is 1.02. The number of fused-ring (bicyclic) bond motifs is 3. The fourth-order valence-electron chi connectivity index (χ4n) is 7.95. The monoisotopic (exact) mass is 320 g/mol. The number of aliphatic carboxylic acids is 1. The first-order valence-corrected chi connectivity index (χ1v) is 9.62. The second-order valence-electron chi connectivity index (χ2n) is 10.1. The van der Waals surface area contributed by atoms with Crippen LogP contribution in [0.1, 0.15) is 72.1 Å². The molecule has 3 nitrogen and oxygen atoms in total. The van der Waals surface area contributed by atoms with Gasteiger partial charge in [-0.2, -0.15) is 0 Å². The molecule has 0 aliphatic heterocycles. The molecule has 4 fully saturated rings. The average molecular weight is 320 g/mol. The summed E-state index contributed by atoms with van der Waals surface area (Å²) in [7, 11) is 0. The minimum atomic E-state index is -0.556. The highest BCUT2D eigenvalue weighted by atomic mass is 16.4. The Labute approximate surface area is 139 Å². The van der Waals surface area contributed by atoms with Crippen LogP contribution in [0, 0.1) is 39.9 Å². The van der Waals surface area contributed by atoms with Crippen molar-refractivity contribution in [2.45, 2.75) is 78.2 Å². The molecule has 130 valence electrons. The van der Waals surface area contributed by atoms with Gasteiger partial charge in [0.15, 0.2) is 0 Å². The molecular weight excluding hydrogens is 288 g/mol. The van der Waals surface area contributed by atoms with Crippen LogP contribution in [0.15, 0.2) is 0 Å².